The van der Waals surface area contributed by atoms with Gasteiger partial charge in [-0.1, -0.05) is 26.2 Å². The van der Waals surface area contributed by atoms with E-state index >= 15 is 0 Å². The van der Waals surface area contributed by atoms with Crippen molar-refractivity contribution in [1.29, 1.82) is 0 Å². The van der Waals surface area contributed by atoms with Gasteiger partial charge in [0, 0.05) is 5.57 Å². The molecule has 0 saturated carbocycles. The highest BCUT2D eigenvalue weighted by Crippen LogP contribution is 2.09. The molecule has 0 saturated heterocycles. The maximum absolute atomic E-state index is 5.03. The van der Waals surface area contributed by atoms with Crippen LogP contribution in [-0.2, 0) is 4.74 Å². The molecular formula is C9H14O. The molecule has 56 valence electrons. The maximum Gasteiger partial charge on any atom is 0.121 e. The lowest BCUT2D eigenvalue weighted by Crippen LogP contribution is -1.87. The van der Waals surface area contributed by atoms with Gasteiger partial charge in [0.1, 0.15) is 5.76 Å². The lowest BCUT2D eigenvalue weighted by Gasteiger charge is -2.03. The highest BCUT2D eigenvalue weighted by atomic mass is 16.5. The molecule has 0 aliphatic heterocycles. The topological polar surface area (TPSA) is 9.23 Å². The van der Waals surface area contributed by atoms with Crippen molar-refractivity contribution in [3.63, 3.8) is 0 Å². The van der Waals surface area contributed by atoms with Gasteiger partial charge in [-0.05, 0) is 12.5 Å². The summed E-state index contributed by atoms with van der Waals surface area (Å²) in [5.41, 5.74) is 0.837. The molecule has 0 fully saturated rings. The Labute approximate surface area is 62.7 Å². The Balaban J connectivity index is 4.19. The van der Waals surface area contributed by atoms with E-state index in [0.29, 0.717) is 0 Å². The van der Waals surface area contributed by atoms with Crippen molar-refractivity contribution >= 4 is 0 Å². The summed E-state index contributed by atoms with van der Waals surface area (Å²) in [6, 6.07) is 0. The third-order valence-electron chi connectivity index (χ3n) is 1.17. The Morgan fingerprint density at radius 3 is 2.50 bits per heavy atom. The zero-order chi connectivity index (χ0) is 7.98. The summed E-state index contributed by atoms with van der Waals surface area (Å²) in [7, 11) is 1.64. The summed E-state index contributed by atoms with van der Waals surface area (Å²) >= 11 is 0. The van der Waals surface area contributed by atoms with Gasteiger partial charge in [0.15, 0.2) is 0 Å². The van der Waals surface area contributed by atoms with E-state index < -0.39 is 0 Å². The Bertz CT molecular complexity index is 154. The maximum atomic E-state index is 5.03. The predicted octanol–water partition coefficient (Wildman–Crippen LogP) is 2.67. The van der Waals surface area contributed by atoms with Crippen LogP contribution in [0.25, 0.3) is 0 Å². The highest BCUT2D eigenvalue weighted by Gasteiger charge is 1.94. The third-order valence-corrected chi connectivity index (χ3v) is 1.17. The zero-order valence-electron chi connectivity index (χ0n) is 6.68. The lowest BCUT2D eigenvalue weighted by molar-refractivity contribution is 0.301. The fourth-order valence-electron chi connectivity index (χ4n) is 0.632. The first-order valence-electron chi connectivity index (χ1n) is 3.32. The van der Waals surface area contributed by atoms with Crippen LogP contribution >= 0.6 is 0 Å². The first-order valence-corrected chi connectivity index (χ1v) is 3.32. The molecule has 0 bridgehead atoms. The number of rotatable bonds is 4. The number of methoxy groups -OCH3 is 1. The minimum atomic E-state index is 0.817. The van der Waals surface area contributed by atoms with Crippen molar-refractivity contribution in [2.24, 2.45) is 0 Å². The van der Waals surface area contributed by atoms with Crippen LogP contribution in [0.15, 0.2) is 36.6 Å². The highest BCUT2D eigenvalue weighted by molar-refractivity contribution is 5.31. The normalized spacial score (nSPS) is 10.8. The second kappa shape index (κ2) is 4.86. The largest absolute Gasteiger partial charge is 0.496 e. The molecule has 0 aliphatic carbocycles. The molecule has 0 unspecified atom stereocenters. The number of hydrogen-bond donors (Lipinski definition) is 0. The SMILES string of the molecule is C=CC(=C)/C(=C\CC)OC. The lowest BCUT2D eigenvalue weighted by atomic mass is 10.2. The van der Waals surface area contributed by atoms with Gasteiger partial charge in [-0.25, -0.2) is 0 Å². The first-order chi connectivity index (χ1) is 4.76. The van der Waals surface area contributed by atoms with Crippen molar-refractivity contribution in [3.05, 3.63) is 36.6 Å². The molecule has 1 heteroatoms. The van der Waals surface area contributed by atoms with Gasteiger partial charge in [0.05, 0.1) is 7.11 Å². The van der Waals surface area contributed by atoms with E-state index in [1.807, 2.05) is 6.08 Å². The molecule has 1 nitrogen and oxygen atoms in total. The van der Waals surface area contributed by atoms with Gasteiger partial charge in [-0.3, -0.25) is 0 Å². The van der Waals surface area contributed by atoms with Crippen LogP contribution in [0.3, 0.4) is 0 Å². The van der Waals surface area contributed by atoms with Gasteiger partial charge < -0.3 is 4.74 Å². The van der Waals surface area contributed by atoms with Gasteiger partial charge in [0.25, 0.3) is 0 Å². The van der Waals surface area contributed by atoms with E-state index in [2.05, 4.69) is 20.1 Å². The molecule has 0 rings (SSSR count). The Morgan fingerprint density at radius 1 is 1.60 bits per heavy atom. The summed E-state index contributed by atoms with van der Waals surface area (Å²) in [5.74, 6) is 0.817. The van der Waals surface area contributed by atoms with E-state index in [1.165, 1.54) is 0 Å². The van der Waals surface area contributed by atoms with E-state index in [1.54, 1.807) is 13.2 Å². The van der Waals surface area contributed by atoms with Crippen LogP contribution in [0, 0.1) is 0 Å². The minimum Gasteiger partial charge on any atom is -0.496 e. The van der Waals surface area contributed by atoms with Gasteiger partial charge in [-0.15, -0.1) is 0 Å². The number of allylic oxidation sites excluding steroid dienone is 2. The fraction of sp³-hybridized carbons (Fsp3) is 0.333. The van der Waals surface area contributed by atoms with E-state index in [-0.39, 0.29) is 0 Å². The molecule has 0 aromatic heterocycles. The molecule has 0 spiro atoms. The molecule has 0 aliphatic rings. The Morgan fingerprint density at radius 2 is 2.20 bits per heavy atom. The van der Waals surface area contributed by atoms with Gasteiger partial charge >= 0.3 is 0 Å². The molecule has 0 atom stereocenters. The van der Waals surface area contributed by atoms with Crippen LogP contribution in [-0.4, -0.2) is 7.11 Å². The quantitative estimate of drug-likeness (QED) is 0.428. The summed E-state index contributed by atoms with van der Waals surface area (Å²) in [5, 5.41) is 0. The van der Waals surface area contributed by atoms with E-state index in [0.717, 1.165) is 17.8 Å². The van der Waals surface area contributed by atoms with Crippen molar-refractivity contribution < 1.29 is 4.74 Å². The molecule has 10 heavy (non-hydrogen) atoms. The van der Waals surface area contributed by atoms with Crippen LogP contribution < -0.4 is 0 Å². The second-order valence-electron chi connectivity index (χ2n) is 1.91. The molecule has 0 heterocycles. The Hall–Kier alpha value is -0.980. The molecule has 0 N–H and O–H groups in total. The summed E-state index contributed by atoms with van der Waals surface area (Å²) in [6.07, 6.45) is 4.62. The van der Waals surface area contributed by atoms with E-state index in [9.17, 15) is 0 Å². The minimum absolute atomic E-state index is 0.817. The number of ether oxygens (including phenoxy) is 1. The third kappa shape index (κ3) is 2.53. The van der Waals surface area contributed by atoms with Gasteiger partial charge in [0.2, 0.25) is 0 Å². The fourth-order valence-corrected chi connectivity index (χ4v) is 0.632. The average molecular weight is 138 g/mol. The van der Waals surface area contributed by atoms with Crippen LogP contribution in [0.1, 0.15) is 13.3 Å². The smallest absolute Gasteiger partial charge is 0.121 e. The Kier molecular flexibility index (Phi) is 4.38. The summed E-state index contributed by atoms with van der Waals surface area (Å²) in [4.78, 5) is 0. The van der Waals surface area contributed by atoms with Crippen molar-refractivity contribution in [2.45, 2.75) is 13.3 Å². The van der Waals surface area contributed by atoms with Crippen LogP contribution in [0.5, 0.6) is 0 Å². The molecule has 0 aromatic rings. The molecular weight excluding hydrogens is 124 g/mol. The monoisotopic (exact) mass is 138 g/mol. The van der Waals surface area contributed by atoms with Crippen LogP contribution in [0.2, 0.25) is 0 Å². The average Bonchev–Trinajstić information content (AvgIpc) is 1.99. The zero-order valence-corrected chi connectivity index (χ0v) is 6.68. The summed E-state index contributed by atoms with van der Waals surface area (Å²) < 4.78 is 5.03. The molecule has 0 aromatic carbocycles. The molecule has 0 amide bonds. The van der Waals surface area contributed by atoms with Crippen molar-refractivity contribution in [2.75, 3.05) is 7.11 Å². The molecule has 0 radical (unpaired) electrons. The first kappa shape index (κ1) is 9.02. The second-order valence-corrected chi connectivity index (χ2v) is 1.91. The summed E-state index contributed by atoms with van der Waals surface area (Å²) in [6.45, 7) is 9.39. The van der Waals surface area contributed by atoms with Crippen LogP contribution in [0.4, 0.5) is 0 Å². The van der Waals surface area contributed by atoms with E-state index in [4.69, 9.17) is 4.74 Å². The van der Waals surface area contributed by atoms with Crippen molar-refractivity contribution in [3.8, 4) is 0 Å². The standard InChI is InChI=1S/C9H14O/c1-5-7-9(10-4)8(3)6-2/h6-7H,2-3,5H2,1,4H3/b9-7+. The number of hydrogen-bond acceptors (Lipinski definition) is 1. The van der Waals surface area contributed by atoms with Gasteiger partial charge in [-0.2, -0.15) is 0 Å². The predicted molar refractivity (Wildman–Crippen MR) is 44.7 cm³/mol. The van der Waals surface area contributed by atoms with Crippen molar-refractivity contribution in [1.82, 2.24) is 0 Å².